The Morgan fingerprint density at radius 2 is 0.874 bits per heavy atom. The highest BCUT2D eigenvalue weighted by molar-refractivity contribution is 6.00. The molecule has 16 bridgehead atoms. The van der Waals surface area contributed by atoms with Gasteiger partial charge >= 0.3 is 23.9 Å². The first-order valence-corrected chi connectivity index (χ1v) is 35.0. The van der Waals surface area contributed by atoms with E-state index >= 15 is 0 Å². The Morgan fingerprint density at radius 1 is 0.476 bits per heavy atom. The second-order valence-electron chi connectivity index (χ2n) is 27.8. The first-order valence-electron chi connectivity index (χ1n) is 35.0. The quantitative estimate of drug-likeness (QED) is 0.0365. The number of aliphatic hydroxyl groups is 1. The van der Waals surface area contributed by atoms with Crippen molar-refractivity contribution in [2.45, 2.75) is 130 Å². The maximum absolute atomic E-state index is 14.8. The molecular formula is C86H84N8O9. The SMILES string of the molecule is C=Cc1c(C)c2cc3nc(cc4[nH]c(cc5nc(cc1[nH]2)C(C)=C5/C=C1/C2c5ccccc5-c5ccccc5C2C=CC12c1cc5[nH]c(cc6nc(cc7[nH]c(cc(n1)C2(C)O)c(C=C)c7C)C(C)=C6CCC(=O)OC)c(CCC(=O)OC)c5C)c(C)c4CCC(=O)OC)C(CCC(=O)OC)=C3C. The molecule has 4 aliphatic heterocycles. The molecular weight excluding hydrogens is 1290 g/mol. The number of H-pyrrole nitrogens is 4. The maximum atomic E-state index is 14.8. The number of allylic oxidation sites excluding steroid dienone is 8. The fraction of sp³-hybridized carbons (Fsp3) is 0.279. The normalized spacial score (nSPS) is 18.4. The molecule has 0 saturated heterocycles. The van der Waals surface area contributed by atoms with Gasteiger partial charge < -0.3 is 44.0 Å². The number of carbonyl (C=O) groups is 4. The number of nitrogens with one attached hydrogen (secondary N) is 4. The van der Waals surface area contributed by atoms with Crippen molar-refractivity contribution in [3.63, 3.8) is 0 Å². The number of esters is 4. The largest absolute Gasteiger partial charge is 0.469 e. The van der Waals surface area contributed by atoms with Gasteiger partial charge in [-0.05, 0) is 219 Å². The molecule has 2 aliphatic carbocycles. The molecule has 6 aliphatic rings. The molecule has 10 heterocycles. The first-order chi connectivity index (χ1) is 49.5. The Bertz CT molecular complexity index is 5560. The number of ether oxygens (including phenoxy) is 4. The van der Waals surface area contributed by atoms with E-state index in [0.717, 1.165) is 139 Å². The number of carbonyl (C=O) groups excluding carboxylic acids is 4. The van der Waals surface area contributed by atoms with E-state index in [9.17, 15) is 24.3 Å². The van der Waals surface area contributed by atoms with Gasteiger partial charge in [-0.3, -0.25) is 24.2 Å². The van der Waals surface area contributed by atoms with Gasteiger partial charge in [0.15, 0.2) is 0 Å². The van der Waals surface area contributed by atoms with E-state index in [1.165, 1.54) is 28.4 Å². The number of aromatic amines is 4. The molecule has 17 heteroatoms. The number of aromatic nitrogens is 8. The molecule has 14 rings (SSSR count). The van der Waals surface area contributed by atoms with Gasteiger partial charge in [0.2, 0.25) is 0 Å². The Balaban J connectivity index is 1.11. The fourth-order valence-electron chi connectivity index (χ4n) is 16.5. The molecule has 0 saturated carbocycles. The number of fused-ring (bicyclic) bond motifs is 23. The lowest BCUT2D eigenvalue weighted by Gasteiger charge is -2.49. The molecule has 0 amide bonds. The minimum absolute atomic E-state index is 0.0918. The molecule has 522 valence electrons. The van der Waals surface area contributed by atoms with E-state index < -0.39 is 16.9 Å². The van der Waals surface area contributed by atoms with Gasteiger partial charge in [-0.25, -0.2) is 15.0 Å². The van der Waals surface area contributed by atoms with Crippen LogP contribution in [-0.4, -0.2) is 97.3 Å². The average molecular weight is 1370 g/mol. The second kappa shape index (κ2) is 26.9. The lowest BCUT2D eigenvalue weighted by atomic mass is 9.53. The predicted molar refractivity (Wildman–Crippen MR) is 408 cm³/mol. The number of rotatable bonds is 15. The smallest absolute Gasteiger partial charge is 0.305 e. The summed E-state index contributed by atoms with van der Waals surface area (Å²) in [7, 11) is 5.57. The van der Waals surface area contributed by atoms with Crippen molar-refractivity contribution in [2.24, 2.45) is 0 Å². The second-order valence-corrected chi connectivity index (χ2v) is 27.8. The summed E-state index contributed by atoms with van der Waals surface area (Å²) in [6.45, 7) is 24.9. The Kier molecular flexibility index (Phi) is 18.0. The molecule has 5 N–H and O–H groups in total. The van der Waals surface area contributed by atoms with Crippen LogP contribution in [0.25, 0.3) is 101 Å². The van der Waals surface area contributed by atoms with Gasteiger partial charge in [0.1, 0.15) is 5.60 Å². The first kappa shape index (κ1) is 68.8. The van der Waals surface area contributed by atoms with E-state index in [-0.39, 0.29) is 55.5 Å². The summed E-state index contributed by atoms with van der Waals surface area (Å²) in [4.78, 5) is 89.3. The van der Waals surface area contributed by atoms with E-state index in [0.29, 0.717) is 82.1 Å². The Hall–Kier alpha value is -11.3. The number of hydrogen-bond donors (Lipinski definition) is 5. The zero-order valence-corrected chi connectivity index (χ0v) is 60.4. The van der Waals surface area contributed by atoms with Crippen LogP contribution in [0.2, 0.25) is 0 Å². The third-order valence-corrected chi connectivity index (χ3v) is 22.4. The summed E-state index contributed by atoms with van der Waals surface area (Å²) >= 11 is 0. The van der Waals surface area contributed by atoms with Crippen molar-refractivity contribution in [3.05, 3.63) is 235 Å². The van der Waals surface area contributed by atoms with E-state index in [2.05, 4.69) is 132 Å². The molecule has 6 aromatic heterocycles. The van der Waals surface area contributed by atoms with Gasteiger partial charge in [-0.2, -0.15) is 0 Å². The number of benzene rings is 2. The number of aryl methyl sites for hydroxylation is 6. The van der Waals surface area contributed by atoms with Crippen LogP contribution in [0, 0.1) is 27.7 Å². The third kappa shape index (κ3) is 11.6. The van der Waals surface area contributed by atoms with E-state index in [4.69, 9.17) is 38.9 Å². The monoisotopic (exact) mass is 1370 g/mol. The van der Waals surface area contributed by atoms with Crippen molar-refractivity contribution < 1.29 is 43.2 Å². The summed E-state index contributed by atoms with van der Waals surface area (Å²) < 4.78 is 20.8. The van der Waals surface area contributed by atoms with Gasteiger partial charge in [0.25, 0.3) is 0 Å². The Labute approximate surface area is 598 Å². The lowest BCUT2D eigenvalue weighted by molar-refractivity contribution is -0.141. The van der Waals surface area contributed by atoms with Crippen LogP contribution in [0.15, 0.2) is 134 Å². The molecule has 103 heavy (non-hydrogen) atoms. The number of hydrogen-bond acceptors (Lipinski definition) is 13. The summed E-state index contributed by atoms with van der Waals surface area (Å²) in [6.07, 6.45) is 12.3. The summed E-state index contributed by atoms with van der Waals surface area (Å²) in [6, 6.07) is 33.4. The molecule has 0 radical (unpaired) electrons. The molecule has 0 fully saturated rings. The summed E-state index contributed by atoms with van der Waals surface area (Å²) in [5.74, 6) is -2.06. The van der Waals surface area contributed by atoms with Crippen molar-refractivity contribution in [1.82, 2.24) is 39.9 Å². The predicted octanol–water partition coefficient (Wildman–Crippen LogP) is 17.3. The molecule has 8 aromatic rings. The third-order valence-electron chi connectivity index (χ3n) is 22.4. The maximum Gasteiger partial charge on any atom is 0.305 e. The highest BCUT2D eigenvalue weighted by Crippen LogP contribution is 2.64. The van der Waals surface area contributed by atoms with E-state index in [1.54, 1.807) is 0 Å². The van der Waals surface area contributed by atoms with Crippen molar-refractivity contribution in [3.8, 4) is 11.1 Å². The zero-order valence-electron chi connectivity index (χ0n) is 60.4. The van der Waals surface area contributed by atoms with Crippen molar-refractivity contribution in [2.75, 3.05) is 28.4 Å². The van der Waals surface area contributed by atoms with Gasteiger partial charge in [0.05, 0.1) is 79.4 Å². The minimum Gasteiger partial charge on any atom is -0.469 e. The molecule has 17 nitrogen and oxygen atoms in total. The van der Waals surface area contributed by atoms with E-state index in [1.807, 2.05) is 84.0 Å². The number of methoxy groups -OCH3 is 4. The number of nitrogens with zero attached hydrogens (tertiary/aromatic N) is 4. The van der Waals surface area contributed by atoms with Crippen LogP contribution in [0.4, 0.5) is 0 Å². The molecule has 4 atom stereocenters. The average Bonchev–Trinajstić information content (AvgIpc) is 1.61. The van der Waals surface area contributed by atoms with Crippen LogP contribution in [0.5, 0.6) is 0 Å². The van der Waals surface area contributed by atoms with Crippen molar-refractivity contribution >= 4 is 114 Å². The minimum atomic E-state index is -1.83. The highest BCUT2D eigenvalue weighted by atomic mass is 16.5. The lowest BCUT2D eigenvalue weighted by Crippen LogP contribution is -2.48. The fourth-order valence-corrected chi connectivity index (χ4v) is 16.5. The van der Waals surface area contributed by atoms with Gasteiger partial charge in [-0.1, -0.05) is 92.1 Å². The van der Waals surface area contributed by atoms with Crippen LogP contribution in [0.3, 0.4) is 0 Å². The zero-order chi connectivity index (χ0) is 72.7. The Morgan fingerprint density at radius 3 is 1.39 bits per heavy atom. The summed E-state index contributed by atoms with van der Waals surface area (Å²) in [5, 5.41) is 14.8. The van der Waals surface area contributed by atoms with Crippen LogP contribution in [0.1, 0.15) is 179 Å². The van der Waals surface area contributed by atoms with Crippen LogP contribution >= 0.6 is 0 Å². The standard InChI is InChI=1S/C86H84N8O9/c1-15-51-44(3)64-36-66-46(5)53(25-29-80(95)100-11)72(88-66)40-74-55(27-31-82(97)102-13)48(7)68(90-74)39-76-62(50(9)69(91-76)38-71(51)87-64)35-63-84-60-24-20-19-22-58(60)57-21-17-18-23-59(57)61(84)33-34-86(63)79-42-70-49(8)56(28-32-83(98)103-14)75(93-70)41-73-54(26-30-81(96)101-12)47(6)67(89-73)37-65-45(4)52(16-2)77(92-65)43-78(94-79)85(86,10)99/h15-24,33-43,61,84,87,90,92-93,99H,1-2,25-32H2,3-14H3/b63-35-,64-36?,65-37?,66-36?,67-37?,68-39?,69-38?,70-42?,71-38?,72-40?,73-41?,74-40?,75-41?,76-39?,77-43?,78-43?,79-42?. The van der Waals surface area contributed by atoms with Gasteiger partial charge in [-0.15, -0.1) is 0 Å². The van der Waals surface area contributed by atoms with Crippen LogP contribution in [-0.2, 0) is 62.0 Å². The molecule has 1 spiro atoms. The van der Waals surface area contributed by atoms with Gasteiger partial charge in [0, 0.05) is 98.4 Å². The topological polar surface area (TPSA) is 240 Å². The highest BCUT2D eigenvalue weighted by Gasteiger charge is 2.60. The summed E-state index contributed by atoms with van der Waals surface area (Å²) in [5.41, 5.74) is 25.2. The van der Waals surface area contributed by atoms with Crippen molar-refractivity contribution in [1.29, 1.82) is 0 Å². The van der Waals surface area contributed by atoms with Crippen LogP contribution < -0.4 is 0 Å². The molecule has 2 aromatic carbocycles. The molecule has 4 unspecified atom stereocenters.